The van der Waals surface area contributed by atoms with Crippen LogP contribution in [0.1, 0.15) is 63.7 Å². The van der Waals surface area contributed by atoms with Crippen molar-refractivity contribution in [1.29, 1.82) is 0 Å². The molecule has 9 nitrogen and oxygen atoms in total. The number of fused-ring (bicyclic) bond motifs is 1. The Bertz CT molecular complexity index is 1610. The predicted molar refractivity (Wildman–Crippen MR) is 161 cm³/mol. The number of aromatic nitrogens is 3. The van der Waals surface area contributed by atoms with Crippen LogP contribution in [0.2, 0.25) is 5.02 Å². The first-order valence-electron chi connectivity index (χ1n) is 14.2. The Morgan fingerprint density at radius 1 is 1.14 bits per heavy atom. The fourth-order valence-corrected chi connectivity index (χ4v) is 6.81. The number of ketones is 1. The van der Waals surface area contributed by atoms with Gasteiger partial charge in [-0.1, -0.05) is 23.7 Å². The van der Waals surface area contributed by atoms with Gasteiger partial charge in [-0.3, -0.25) is 14.5 Å². The molecule has 0 aliphatic carbocycles. The number of carboxylic acids is 1. The van der Waals surface area contributed by atoms with Crippen LogP contribution < -0.4 is 4.74 Å². The van der Waals surface area contributed by atoms with Gasteiger partial charge in [-0.25, -0.2) is 9.97 Å². The molecule has 0 amide bonds. The van der Waals surface area contributed by atoms with Crippen molar-refractivity contribution in [3.63, 3.8) is 0 Å². The van der Waals surface area contributed by atoms with E-state index in [0.29, 0.717) is 21.7 Å². The zero-order valence-corrected chi connectivity index (χ0v) is 25.0. The van der Waals surface area contributed by atoms with Crippen molar-refractivity contribution in [1.82, 2.24) is 19.4 Å². The minimum absolute atomic E-state index is 0.00544. The van der Waals surface area contributed by atoms with Gasteiger partial charge in [0, 0.05) is 24.3 Å². The van der Waals surface area contributed by atoms with Crippen LogP contribution in [0.15, 0.2) is 42.5 Å². The topological polar surface area (TPSA) is 107 Å². The minimum atomic E-state index is -0.846. The van der Waals surface area contributed by atoms with Crippen LogP contribution in [-0.2, 0) is 35.6 Å². The largest absolute Gasteiger partial charge is 0.481 e. The highest BCUT2D eigenvalue weighted by Crippen LogP contribution is 2.31. The second-order valence-corrected chi connectivity index (χ2v) is 12.5. The summed E-state index contributed by atoms with van der Waals surface area (Å²) < 4.78 is 13.9. The number of aliphatic carboxylic acids is 1. The standard InChI is InChI=1S/C31H33ClN4O5S/c1-19(37)27-15-23(32)28(42-27)18-41-30-4-2-3-24(34-30)21-7-10-35(11-8-21)17-29-33-25-13-20(14-31(38)39)5-6-26(25)36(29)16-22-9-12-40-22/h2-6,13,15,21-22H,7-12,14,16-18H2,1H3,(H,38,39)/t22-/m0/s1. The zero-order valence-electron chi connectivity index (χ0n) is 23.4. The van der Waals surface area contributed by atoms with Crippen LogP contribution in [0.3, 0.4) is 0 Å². The highest BCUT2D eigenvalue weighted by molar-refractivity contribution is 7.14. The van der Waals surface area contributed by atoms with E-state index in [9.17, 15) is 14.7 Å². The first-order valence-corrected chi connectivity index (χ1v) is 15.4. The van der Waals surface area contributed by atoms with Gasteiger partial charge in [0.25, 0.3) is 0 Å². The van der Waals surface area contributed by atoms with Crippen LogP contribution in [0.25, 0.3) is 11.0 Å². The molecule has 2 aliphatic rings. The van der Waals surface area contributed by atoms with Gasteiger partial charge in [0.1, 0.15) is 12.4 Å². The maximum Gasteiger partial charge on any atom is 0.307 e. The number of piperidine rings is 1. The molecule has 5 heterocycles. The van der Waals surface area contributed by atoms with Gasteiger partial charge < -0.3 is 19.1 Å². The lowest BCUT2D eigenvalue weighted by atomic mass is 9.93. The lowest BCUT2D eigenvalue weighted by Crippen LogP contribution is -2.35. The molecule has 1 atom stereocenters. The number of likely N-dealkylation sites (tertiary alicyclic amines) is 1. The third kappa shape index (κ3) is 6.52. The van der Waals surface area contributed by atoms with Crippen LogP contribution in [0.4, 0.5) is 0 Å². The van der Waals surface area contributed by atoms with Crippen molar-refractivity contribution in [2.45, 2.75) is 64.3 Å². The quantitative estimate of drug-likeness (QED) is 0.215. The number of rotatable bonds is 11. The summed E-state index contributed by atoms with van der Waals surface area (Å²) in [6, 6.07) is 13.4. The second kappa shape index (κ2) is 12.5. The third-order valence-electron chi connectivity index (χ3n) is 8.00. The Kier molecular flexibility index (Phi) is 8.57. The zero-order chi connectivity index (χ0) is 29.2. The van der Waals surface area contributed by atoms with E-state index < -0.39 is 5.97 Å². The Hall–Kier alpha value is -3.31. The Morgan fingerprint density at radius 3 is 2.64 bits per heavy atom. The molecular formula is C31H33ClN4O5S. The Balaban J connectivity index is 1.10. The van der Waals surface area contributed by atoms with E-state index in [1.54, 1.807) is 6.07 Å². The summed E-state index contributed by atoms with van der Waals surface area (Å²) in [6.45, 7) is 5.92. The summed E-state index contributed by atoms with van der Waals surface area (Å²) >= 11 is 7.65. The molecule has 2 saturated heterocycles. The average Bonchev–Trinajstić information content (AvgIpc) is 3.49. The molecule has 11 heteroatoms. The number of thiophene rings is 1. The number of imidazole rings is 1. The van der Waals surface area contributed by atoms with Gasteiger partial charge >= 0.3 is 5.97 Å². The molecule has 0 saturated carbocycles. The van der Waals surface area contributed by atoms with Gasteiger partial charge in [-0.2, -0.15) is 0 Å². The molecule has 0 spiro atoms. The normalized spacial score (nSPS) is 17.8. The maximum absolute atomic E-state index is 11.7. The van der Waals surface area contributed by atoms with Crippen LogP contribution in [0.5, 0.6) is 5.88 Å². The summed E-state index contributed by atoms with van der Waals surface area (Å²) in [6.07, 6.45) is 3.17. The number of carbonyl (C=O) groups is 2. The molecule has 42 heavy (non-hydrogen) atoms. The van der Waals surface area contributed by atoms with E-state index >= 15 is 0 Å². The number of nitrogens with zero attached hydrogens (tertiary/aromatic N) is 4. The summed E-state index contributed by atoms with van der Waals surface area (Å²) in [4.78, 5) is 36.5. The number of benzene rings is 1. The van der Waals surface area contributed by atoms with Gasteiger partial charge in [0.15, 0.2) is 5.78 Å². The van der Waals surface area contributed by atoms with Gasteiger partial charge in [0.2, 0.25) is 5.88 Å². The molecular weight excluding hydrogens is 576 g/mol. The van der Waals surface area contributed by atoms with E-state index in [1.807, 2.05) is 30.3 Å². The number of halogens is 1. The van der Waals surface area contributed by atoms with Crippen LogP contribution >= 0.6 is 22.9 Å². The molecule has 0 radical (unpaired) electrons. The van der Waals surface area contributed by atoms with Crippen molar-refractivity contribution < 1.29 is 24.2 Å². The van der Waals surface area contributed by atoms with Gasteiger partial charge in [0.05, 0.1) is 51.4 Å². The number of carboxylic acid groups (broad SMARTS) is 1. The summed E-state index contributed by atoms with van der Waals surface area (Å²) in [5.41, 5.74) is 3.63. The molecule has 220 valence electrons. The van der Waals surface area contributed by atoms with Crippen molar-refractivity contribution >= 4 is 45.7 Å². The second-order valence-electron chi connectivity index (χ2n) is 11.0. The monoisotopic (exact) mass is 608 g/mol. The molecule has 2 fully saturated rings. The minimum Gasteiger partial charge on any atom is -0.481 e. The van der Waals surface area contributed by atoms with Gasteiger partial charge in [-0.15, -0.1) is 11.3 Å². The van der Waals surface area contributed by atoms with Gasteiger partial charge in [-0.05, 0) is 69.1 Å². The molecule has 4 aromatic rings. The van der Waals surface area contributed by atoms with Crippen molar-refractivity contribution in [3.8, 4) is 5.88 Å². The van der Waals surface area contributed by atoms with E-state index in [4.69, 9.17) is 31.0 Å². The van der Waals surface area contributed by atoms with Crippen molar-refractivity contribution in [3.05, 3.63) is 74.3 Å². The van der Waals surface area contributed by atoms with E-state index in [0.717, 1.165) is 85.0 Å². The lowest BCUT2D eigenvalue weighted by molar-refractivity contribution is -0.136. The SMILES string of the molecule is CC(=O)c1cc(Cl)c(COc2cccc(C3CCN(Cc4nc5cc(CC(=O)O)ccc5n4C[C@@H]4CCO4)CC3)n2)s1. The summed E-state index contributed by atoms with van der Waals surface area (Å²) in [5, 5.41) is 9.76. The lowest BCUT2D eigenvalue weighted by Gasteiger charge is -2.32. The molecule has 1 aromatic carbocycles. The molecule has 0 bridgehead atoms. The highest BCUT2D eigenvalue weighted by atomic mass is 35.5. The molecule has 6 rings (SSSR count). The third-order valence-corrected chi connectivity index (χ3v) is 9.66. The number of ether oxygens (including phenoxy) is 2. The summed E-state index contributed by atoms with van der Waals surface area (Å²) in [5.74, 6) is 1.02. The number of hydrogen-bond donors (Lipinski definition) is 1. The van der Waals surface area contributed by atoms with Crippen molar-refractivity contribution in [2.75, 3.05) is 19.7 Å². The van der Waals surface area contributed by atoms with Crippen LogP contribution in [0, 0.1) is 0 Å². The van der Waals surface area contributed by atoms with Crippen molar-refractivity contribution in [2.24, 2.45) is 0 Å². The van der Waals surface area contributed by atoms with E-state index in [1.165, 1.54) is 18.3 Å². The molecule has 3 aromatic heterocycles. The Morgan fingerprint density at radius 2 is 1.95 bits per heavy atom. The van der Waals surface area contributed by atoms with E-state index in [-0.39, 0.29) is 24.9 Å². The number of carbonyl (C=O) groups excluding carboxylic acids is 1. The molecule has 0 unspecified atom stereocenters. The molecule has 1 N–H and O–H groups in total. The highest BCUT2D eigenvalue weighted by Gasteiger charge is 2.26. The first-order chi connectivity index (χ1) is 20.3. The average molecular weight is 609 g/mol. The maximum atomic E-state index is 11.7. The predicted octanol–water partition coefficient (Wildman–Crippen LogP) is 5.72. The number of Topliss-reactive ketones (excluding diaryl/α,β-unsaturated/α-hetero) is 1. The number of pyridine rings is 1. The number of hydrogen-bond acceptors (Lipinski definition) is 8. The summed E-state index contributed by atoms with van der Waals surface area (Å²) in [7, 11) is 0. The smallest absolute Gasteiger partial charge is 0.307 e. The van der Waals surface area contributed by atoms with E-state index in [2.05, 4.69) is 15.5 Å². The molecule has 2 aliphatic heterocycles. The van der Waals surface area contributed by atoms with Crippen LogP contribution in [-0.4, -0.2) is 62.1 Å². The fourth-order valence-electron chi connectivity index (χ4n) is 5.61. The fraction of sp³-hybridized carbons (Fsp3) is 0.419. The Labute approximate surface area is 253 Å². The first kappa shape index (κ1) is 28.8.